The highest BCUT2D eigenvalue weighted by Crippen LogP contribution is 2.36. The molecule has 0 atom stereocenters. The number of benzene rings is 1. The van der Waals surface area contributed by atoms with Gasteiger partial charge in [0.05, 0.1) is 22.3 Å². The van der Waals surface area contributed by atoms with Crippen LogP contribution in [-0.2, 0) is 24.7 Å². The van der Waals surface area contributed by atoms with Crippen LogP contribution in [0, 0.1) is 45.3 Å². The number of rotatable bonds is 2. The second-order valence-corrected chi connectivity index (χ2v) is 8.35. The van der Waals surface area contributed by atoms with Crippen molar-refractivity contribution in [3.8, 4) is 24.3 Å². The summed E-state index contributed by atoms with van der Waals surface area (Å²) in [5.74, 6) is 0. The van der Waals surface area contributed by atoms with Crippen molar-refractivity contribution in [2.75, 3.05) is 0 Å². The van der Waals surface area contributed by atoms with Crippen LogP contribution in [0.4, 0.5) is 52.7 Å². The quantitative estimate of drug-likeness (QED) is 0.333. The number of pyridine rings is 2. The third kappa shape index (κ3) is 6.55. The lowest BCUT2D eigenvalue weighted by Crippen LogP contribution is -2.24. The van der Waals surface area contributed by atoms with Gasteiger partial charge in [0.2, 0.25) is 0 Å². The molecule has 2 heterocycles. The highest BCUT2D eigenvalue weighted by Gasteiger charge is 2.40. The Morgan fingerprint density at radius 3 is 0.909 bits per heavy atom. The lowest BCUT2D eigenvalue weighted by Gasteiger charge is -2.14. The summed E-state index contributed by atoms with van der Waals surface area (Å²) in [6.45, 7) is 0. The SMILES string of the molecule is N#C/C(c1cc(C(F)(F)F)nc(C(F)(F)F)c1)=c1/cc/c(=C(\C#N)c2cc(C(F)(F)F)nc(C(F)(F)F)c2)c(C#N)c1C#N. The van der Waals surface area contributed by atoms with E-state index in [1.54, 1.807) is 0 Å². The number of hydrogen-bond acceptors (Lipinski definition) is 6. The summed E-state index contributed by atoms with van der Waals surface area (Å²) in [6.07, 6.45) is -21.8. The monoisotopic (exact) mass is 630 g/mol. The maximum absolute atomic E-state index is 13.3. The molecule has 0 N–H and O–H groups in total. The number of aromatic nitrogens is 2. The highest BCUT2D eigenvalue weighted by molar-refractivity contribution is 5.81. The molecule has 3 aromatic rings. The molecule has 0 fully saturated rings. The molecule has 224 valence electrons. The van der Waals surface area contributed by atoms with Crippen LogP contribution in [0.2, 0.25) is 0 Å². The zero-order valence-corrected chi connectivity index (χ0v) is 20.7. The van der Waals surface area contributed by atoms with E-state index in [0.717, 1.165) is 0 Å². The number of nitrogens with zero attached hydrogens (tertiary/aromatic N) is 6. The maximum Gasteiger partial charge on any atom is 0.433 e. The Labute approximate surface area is 236 Å². The highest BCUT2D eigenvalue weighted by atomic mass is 19.4. The van der Waals surface area contributed by atoms with E-state index >= 15 is 0 Å². The van der Waals surface area contributed by atoms with E-state index in [2.05, 4.69) is 9.97 Å². The van der Waals surface area contributed by atoms with Crippen LogP contribution in [0.5, 0.6) is 0 Å². The third-order valence-electron chi connectivity index (χ3n) is 5.58. The number of alkyl halides is 12. The van der Waals surface area contributed by atoms with Crippen molar-refractivity contribution in [1.29, 1.82) is 21.0 Å². The van der Waals surface area contributed by atoms with Gasteiger partial charge in [0.15, 0.2) is 0 Å². The van der Waals surface area contributed by atoms with Gasteiger partial charge in [0, 0.05) is 10.4 Å². The van der Waals surface area contributed by atoms with Crippen molar-refractivity contribution in [3.63, 3.8) is 0 Å². The first-order valence-corrected chi connectivity index (χ1v) is 11.0. The minimum atomic E-state index is -5.44. The second-order valence-electron chi connectivity index (χ2n) is 8.35. The van der Waals surface area contributed by atoms with Gasteiger partial charge < -0.3 is 0 Å². The summed E-state index contributed by atoms with van der Waals surface area (Å²) in [7, 11) is 0. The molecule has 1 aromatic carbocycles. The summed E-state index contributed by atoms with van der Waals surface area (Å²) < 4.78 is 160. The van der Waals surface area contributed by atoms with Gasteiger partial charge >= 0.3 is 24.7 Å². The lowest BCUT2D eigenvalue weighted by molar-refractivity contribution is -0.151. The minimum absolute atomic E-state index is 0.0516. The first-order valence-electron chi connectivity index (χ1n) is 11.0. The van der Waals surface area contributed by atoms with Gasteiger partial charge in [-0.25, -0.2) is 9.97 Å². The fourth-order valence-corrected chi connectivity index (χ4v) is 3.74. The Morgan fingerprint density at radius 1 is 0.477 bits per heavy atom. The molecule has 44 heavy (non-hydrogen) atoms. The first kappa shape index (κ1) is 32.9. The van der Waals surface area contributed by atoms with Gasteiger partial charge in [0.1, 0.15) is 47.1 Å². The van der Waals surface area contributed by atoms with Gasteiger partial charge in [0.25, 0.3) is 0 Å². The summed E-state index contributed by atoms with van der Waals surface area (Å²) in [6, 6.07) is 6.96. The molecule has 0 saturated carbocycles. The van der Waals surface area contributed by atoms with Crippen molar-refractivity contribution in [2.45, 2.75) is 24.7 Å². The first-order chi connectivity index (χ1) is 20.2. The van der Waals surface area contributed by atoms with E-state index in [-0.39, 0.29) is 24.3 Å². The Hall–Kier alpha value is -5.62. The molecule has 6 nitrogen and oxygen atoms in total. The van der Waals surface area contributed by atoms with Crippen LogP contribution in [0.25, 0.3) is 11.1 Å². The van der Waals surface area contributed by atoms with E-state index in [0.29, 0.717) is 12.1 Å². The fraction of sp³-hybridized carbons (Fsp3) is 0.154. The maximum atomic E-state index is 13.3. The van der Waals surface area contributed by atoms with Crippen molar-refractivity contribution >= 4 is 11.1 Å². The number of nitriles is 4. The molecule has 0 aliphatic carbocycles. The van der Waals surface area contributed by atoms with Gasteiger partial charge in [-0.05, 0) is 35.4 Å². The van der Waals surface area contributed by atoms with Crippen molar-refractivity contribution in [2.24, 2.45) is 0 Å². The predicted molar refractivity (Wildman–Crippen MR) is 120 cm³/mol. The Morgan fingerprint density at radius 2 is 0.727 bits per heavy atom. The summed E-state index contributed by atoms with van der Waals surface area (Å²) in [5.41, 5.74) is -14.4. The van der Waals surface area contributed by atoms with E-state index in [9.17, 15) is 73.7 Å². The van der Waals surface area contributed by atoms with Gasteiger partial charge in [-0.2, -0.15) is 73.7 Å². The summed E-state index contributed by atoms with van der Waals surface area (Å²) in [4.78, 5) is 5.00. The molecule has 0 bridgehead atoms. The van der Waals surface area contributed by atoms with E-state index in [1.807, 2.05) is 0 Å². The fourth-order valence-electron chi connectivity index (χ4n) is 3.74. The van der Waals surface area contributed by atoms with Crippen molar-refractivity contribution in [1.82, 2.24) is 9.97 Å². The molecule has 0 spiro atoms. The molecule has 0 unspecified atom stereocenters. The minimum Gasteiger partial charge on any atom is -0.239 e. The molecule has 0 saturated heterocycles. The molecule has 0 radical (unpaired) electrons. The van der Waals surface area contributed by atoms with Crippen LogP contribution in [0.3, 0.4) is 0 Å². The van der Waals surface area contributed by atoms with Crippen LogP contribution in [0.1, 0.15) is 45.0 Å². The standard InChI is InChI=1S/C26H6F12N6/c27-23(28,29)19-3-11(4-20(43-19)24(30,31)32)15(7-39)13-1-2-14(18(10-42)17(13)9-41)16(8-40)12-5-21(25(33,34)35)44-22(6-12)26(36,37)38/h1-6H/b15-13-,16-14+. The van der Waals surface area contributed by atoms with Crippen LogP contribution in [-0.4, -0.2) is 9.97 Å². The topological polar surface area (TPSA) is 121 Å². The molecule has 18 heteroatoms. The Balaban J connectivity index is 2.56. The summed E-state index contributed by atoms with van der Waals surface area (Å²) >= 11 is 0. The van der Waals surface area contributed by atoms with Crippen LogP contribution in [0.15, 0.2) is 36.4 Å². The molecule has 0 amide bonds. The van der Waals surface area contributed by atoms with Crippen LogP contribution < -0.4 is 10.4 Å². The average Bonchev–Trinajstić information content (AvgIpc) is 2.91. The average molecular weight is 630 g/mol. The molecule has 0 aliphatic rings. The van der Waals surface area contributed by atoms with Crippen molar-refractivity contribution < 1.29 is 52.7 Å². The predicted octanol–water partition coefficient (Wildman–Crippen LogP) is 5.74. The second kappa shape index (κ2) is 11.2. The zero-order chi connectivity index (χ0) is 33.4. The number of hydrogen-bond donors (Lipinski definition) is 0. The Bertz CT molecular complexity index is 1750. The smallest absolute Gasteiger partial charge is 0.239 e. The summed E-state index contributed by atoms with van der Waals surface area (Å²) in [5, 5.41) is 37.4. The van der Waals surface area contributed by atoms with Gasteiger partial charge in [-0.3, -0.25) is 0 Å². The lowest BCUT2D eigenvalue weighted by atomic mass is 9.93. The van der Waals surface area contributed by atoms with E-state index < -0.39 is 91.3 Å². The molecule has 3 rings (SSSR count). The molecule has 2 aromatic heterocycles. The zero-order valence-electron chi connectivity index (χ0n) is 20.7. The van der Waals surface area contributed by atoms with E-state index in [1.165, 1.54) is 24.3 Å². The number of halogens is 12. The van der Waals surface area contributed by atoms with Gasteiger partial charge in [-0.15, -0.1) is 0 Å². The molecular formula is C26H6F12N6. The molecule has 0 aliphatic heterocycles. The van der Waals surface area contributed by atoms with Crippen LogP contribution >= 0.6 is 0 Å². The molecular weight excluding hydrogens is 624 g/mol. The van der Waals surface area contributed by atoms with Gasteiger partial charge in [-0.1, -0.05) is 12.1 Å². The van der Waals surface area contributed by atoms with E-state index in [4.69, 9.17) is 0 Å². The largest absolute Gasteiger partial charge is 0.433 e. The normalized spacial score (nSPS) is 13.6. The third-order valence-corrected chi connectivity index (χ3v) is 5.58. The Kier molecular flexibility index (Phi) is 8.39. The van der Waals surface area contributed by atoms with Crippen molar-refractivity contribution in [3.05, 3.63) is 91.9 Å².